The molecule has 0 amide bonds. The third-order valence-electron chi connectivity index (χ3n) is 3.77. The van der Waals surface area contributed by atoms with Crippen molar-refractivity contribution in [3.8, 4) is 0 Å². The van der Waals surface area contributed by atoms with Crippen molar-refractivity contribution in [2.45, 2.75) is 26.4 Å². The molecule has 25 heavy (non-hydrogen) atoms. The van der Waals surface area contributed by atoms with Crippen LogP contribution in [-0.4, -0.2) is 43.2 Å². The van der Waals surface area contributed by atoms with Gasteiger partial charge in [-0.15, -0.1) is 23.7 Å². The fourth-order valence-corrected chi connectivity index (χ4v) is 3.36. The largest absolute Gasteiger partial charge is 0.378 e. The van der Waals surface area contributed by atoms with E-state index < -0.39 is 0 Å². The third-order valence-corrected chi connectivity index (χ3v) is 4.64. The molecule has 1 aliphatic heterocycles. The first-order chi connectivity index (χ1) is 11.7. The van der Waals surface area contributed by atoms with Crippen molar-refractivity contribution in [1.29, 1.82) is 0 Å². The van der Waals surface area contributed by atoms with Gasteiger partial charge in [-0.1, -0.05) is 12.1 Å². The molecule has 1 fully saturated rings. The van der Waals surface area contributed by atoms with E-state index in [1.54, 1.807) is 11.3 Å². The van der Waals surface area contributed by atoms with Gasteiger partial charge in [-0.25, -0.2) is 4.98 Å². The molecular weight excluding hydrogens is 356 g/mol. The van der Waals surface area contributed by atoms with E-state index in [4.69, 9.17) is 9.73 Å². The number of aliphatic imine (C=N–C) groups is 1. The van der Waals surface area contributed by atoms with Crippen molar-refractivity contribution in [1.82, 2.24) is 10.3 Å². The number of thiophene rings is 1. The number of aromatic nitrogens is 1. The lowest BCUT2D eigenvalue weighted by molar-refractivity contribution is 0.122. The highest BCUT2D eigenvalue weighted by Gasteiger charge is 2.16. The molecule has 7 heteroatoms. The van der Waals surface area contributed by atoms with Crippen LogP contribution < -0.4 is 10.2 Å². The SMILES string of the molecule is CC(C)NC(=NCc1cccnc1N1CCOCC1)c1cccs1.Cl. The van der Waals surface area contributed by atoms with Gasteiger partial charge in [0.25, 0.3) is 0 Å². The van der Waals surface area contributed by atoms with E-state index in [0.717, 1.165) is 43.5 Å². The number of ether oxygens (including phenoxy) is 1. The predicted octanol–water partition coefficient (Wildman–Crippen LogP) is 3.35. The molecule has 0 atom stereocenters. The fourth-order valence-electron chi connectivity index (χ4n) is 2.66. The molecule has 1 saturated heterocycles. The lowest BCUT2D eigenvalue weighted by Gasteiger charge is -2.29. The topological polar surface area (TPSA) is 49.8 Å². The Morgan fingerprint density at radius 3 is 2.80 bits per heavy atom. The average Bonchev–Trinajstić information content (AvgIpc) is 3.14. The molecule has 136 valence electrons. The summed E-state index contributed by atoms with van der Waals surface area (Å²) in [5, 5.41) is 5.54. The number of amidine groups is 1. The molecule has 2 aromatic heterocycles. The molecular formula is C18H25ClN4OS. The second-order valence-electron chi connectivity index (χ2n) is 6.03. The van der Waals surface area contributed by atoms with E-state index in [0.29, 0.717) is 12.6 Å². The zero-order valence-electron chi connectivity index (χ0n) is 14.6. The van der Waals surface area contributed by atoms with Crippen LogP contribution >= 0.6 is 23.7 Å². The van der Waals surface area contributed by atoms with Crippen molar-refractivity contribution >= 4 is 35.4 Å². The Kier molecular flexibility index (Phi) is 7.68. The van der Waals surface area contributed by atoms with Gasteiger partial charge < -0.3 is 15.0 Å². The second kappa shape index (κ2) is 9.75. The first kappa shape index (κ1) is 19.7. The van der Waals surface area contributed by atoms with Gasteiger partial charge in [0.15, 0.2) is 0 Å². The molecule has 0 aromatic carbocycles. The van der Waals surface area contributed by atoms with E-state index in [2.05, 4.69) is 52.6 Å². The molecule has 5 nitrogen and oxygen atoms in total. The van der Waals surface area contributed by atoms with E-state index in [1.807, 2.05) is 12.3 Å². The molecule has 0 unspecified atom stereocenters. The van der Waals surface area contributed by atoms with E-state index in [1.165, 1.54) is 4.88 Å². The Labute approximate surface area is 159 Å². The number of hydrogen-bond donors (Lipinski definition) is 1. The van der Waals surface area contributed by atoms with Crippen LogP contribution in [0.15, 0.2) is 40.8 Å². The maximum Gasteiger partial charge on any atom is 0.139 e. The number of anilines is 1. The molecule has 3 heterocycles. The molecule has 0 bridgehead atoms. The summed E-state index contributed by atoms with van der Waals surface area (Å²) in [6.45, 7) is 8.17. The summed E-state index contributed by atoms with van der Waals surface area (Å²) in [6, 6.07) is 8.60. The highest BCUT2D eigenvalue weighted by Crippen LogP contribution is 2.20. The smallest absolute Gasteiger partial charge is 0.139 e. The van der Waals surface area contributed by atoms with Crippen LogP contribution in [0, 0.1) is 0 Å². The van der Waals surface area contributed by atoms with Crippen molar-refractivity contribution in [2.75, 3.05) is 31.2 Å². The number of nitrogens with one attached hydrogen (secondary N) is 1. The lowest BCUT2D eigenvalue weighted by Crippen LogP contribution is -2.37. The van der Waals surface area contributed by atoms with Crippen LogP contribution in [0.4, 0.5) is 5.82 Å². The van der Waals surface area contributed by atoms with E-state index in [9.17, 15) is 0 Å². The van der Waals surface area contributed by atoms with Crippen LogP contribution in [-0.2, 0) is 11.3 Å². The Morgan fingerprint density at radius 1 is 1.32 bits per heavy atom. The number of nitrogens with zero attached hydrogens (tertiary/aromatic N) is 3. The van der Waals surface area contributed by atoms with Crippen molar-refractivity contribution < 1.29 is 4.74 Å². The predicted molar refractivity (Wildman–Crippen MR) is 107 cm³/mol. The van der Waals surface area contributed by atoms with Crippen LogP contribution in [0.5, 0.6) is 0 Å². The van der Waals surface area contributed by atoms with Gasteiger partial charge in [0.2, 0.25) is 0 Å². The van der Waals surface area contributed by atoms with Crippen LogP contribution in [0.1, 0.15) is 24.3 Å². The van der Waals surface area contributed by atoms with Gasteiger partial charge >= 0.3 is 0 Å². The van der Waals surface area contributed by atoms with Gasteiger partial charge in [0.05, 0.1) is 24.6 Å². The number of hydrogen-bond acceptors (Lipinski definition) is 5. The Balaban J connectivity index is 0.00000225. The first-order valence-electron chi connectivity index (χ1n) is 8.35. The number of rotatable bonds is 5. The molecule has 0 aliphatic carbocycles. The minimum absolute atomic E-state index is 0. The standard InChI is InChI=1S/C18H24N4OS.ClH/c1-14(2)21-17(16-6-4-12-24-16)20-13-15-5-3-7-19-18(15)22-8-10-23-11-9-22;/h3-7,12,14H,8-11,13H2,1-2H3,(H,20,21);1H. The normalized spacial score (nSPS) is 15.2. The van der Waals surface area contributed by atoms with Gasteiger partial charge in [-0.05, 0) is 31.4 Å². The second-order valence-corrected chi connectivity index (χ2v) is 6.97. The lowest BCUT2D eigenvalue weighted by atomic mass is 10.2. The molecule has 0 spiro atoms. The first-order valence-corrected chi connectivity index (χ1v) is 9.23. The van der Waals surface area contributed by atoms with Crippen LogP contribution in [0.25, 0.3) is 0 Å². The summed E-state index contributed by atoms with van der Waals surface area (Å²) >= 11 is 1.70. The Hall–Kier alpha value is -1.63. The van der Waals surface area contributed by atoms with Gasteiger partial charge in [0.1, 0.15) is 11.7 Å². The summed E-state index contributed by atoms with van der Waals surface area (Å²) in [7, 11) is 0. The Bertz CT molecular complexity index is 669. The molecule has 1 aliphatic rings. The average molecular weight is 381 g/mol. The molecule has 3 rings (SSSR count). The molecule has 0 radical (unpaired) electrons. The number of halogens is 1. The highest BCUT2D eigenvalue weighted by atomic mass is 35.5. The van der Waals surface area contributed by atoms with Gasteiger partial charge in [-0.3, -0.25) is 4.99 Å². The summed E-state index contributed by atoms with van der Waals surface area (Å²) in [5.41, 5.74) is 1.15. The quantitative estimate of drug-likeness (QED) is 0.638. The summed E-state index contributed by atoms with van der Waals surface area (Å²) in [5.74, 6) is 1.98. The number of pyridine rings is 1. The highest BCUT2D eigenvalue weighted by molar-refractivity contribution is 7.12. The Morgan fingerprint density at radius 2 is 2.12 bits per heavy atom. The van der Waals surface area contributed by atoms with E-state index >= 15 is 0 Å². The summed E-state index contributed by atoms with van der Waals surface area (Å²) < 4.78 is 5.45. The zero-order valence-corrected chi connectivity index (χ0v) is 16.3. The minimum atomic E-state index is 0. The van der Waals surface area contributed by atoms with Crippen molar-refractivity contribution in [3.05, 3.63) is 46.3 Å². The van der Waals surface area contributed by atoms with Gasteiger partial charge in [-0.2, -0.15) is 0 Å². The third kappa shape index (κ3) is 5.42. The van der Waals surface area contributed by atoms with Crippen molar-refractivity contribution in [3.63, 3.8) is 0 Å². The molecule has 1 N–H and O–H groups in total. The number of morpholine rings is 1. The maximum absolute atomic E-state index is 5.45. The monoisotopic (exact) mass is 380 g/mol. The van der Waals surface area contributed by atoms with Crippen molar-refractivity contribution in [2.24, 2.45) is 4.99 Å². The molecule has 0 saturated carbocycles. The minimum Gasteiger partial charge on any atom is -0.378 e. The zero-order chi connectivity index (χ0) is 16.8. The van der Waals surface area contributed by atoms with E-state index in [-0.39, 0.29) is 12.4 Å². The summed E-state index contributed by atoms with van der Waals surface area (Å²) in [4.78, 5) is 12.9. The van der Waals surface area contributed by atoms with Crippen LogP contribution in [0.2, 0.25) is 0 Å². The van der Waals surface area contributed by atoms with Crippen LogP contribution in [0.3, 0.4) is 0 Å². The van der Waals surface area contributed by atoms with Gasteiger partial charge in [0, 0.05) is 30.9 Å². The summed E-state index contributed by atoms with van der Waals surface area (Å²) in [6.07, 6.45) is 1.85. The fraction of sp³-hybridized carbons (Fsp3) is 0.444. The molecule has 2 aromatic rings. The maximum atomic E-state index is 5.45.